The second-order valence-corrected chi connectivity index (χ2v) is 11.6. The Kier molecular flexibility index (Phi) is 6.50. The molecule has 3 aliphatic rings. The maximum atomic E-state index is 13.5. The van der Waals surface area contributed by atoms with Crippen LogP contribution in [0.3, 0.4) is 0 Å². The topological polar surface area (TPSA) is 100 Å². The van der Waals surface area contributed by atoms with Crippen molar-refractivity contribution in [2.75, 3.05) is 18.4 Å². The van der Waals surface area contributed by atoms with Crippen LogP contribution >= 0.6 is 11.6 Å². The van der Waals surface area contributed by atoms with Crippen molar-refractivity contribution in [2.45, 2.75) is 35.9 Å². The molecule has 12 heteroatoms. The molecule has 0 spiro atoms. The smallest absolute Gasteiger partial charge is 0.298 e. The molecule has 0 saturated carbocycles. The molecule has 3 aromatic rings. The minimum atomic E-state index is -3.61. The predicted octanol–water partition coefficient (Wildman–Crippen LogP) is 4.49. The monoisotopic (exact) mass is 554 g/mol. The minimum absolute atomic E-state index is 0.00867. The van der Waals surface area contributed by atoms with Crippen molar-refractivity contribution in [1.82, 2.24) is 19.2 Å². The highest BCUT2D eigenvalue weighted by atomic mass is 35.5. The molecule has 1 aromatic heterocycles. The lowest BCUT2D eigenvalue weighted by molar-refractivity contribution is 0.329. The van der Waals surface area contributed by atoms with Crippen LogP contribution in [0.1, 0.15) is 36.2 Å². The average molecular weight is 555 g/mol. The Labute approximate surface area is 224 Å². The summed E-state index contributed by atoms with van der Waals surface area (Å²) in [5.41, 5.74) is 1.57. The number of aromatic nitrogens is 2. The van der Waals surface area contributed by atoms with Crippen molar-refractivity contribution < 1.29 is 17.5 Å². The molecule has 38 heavy (non-hydrogen) atoms. The molecule has 1 fully saturated rings. The van der Waals surface area contributed by atoms with E-state index in [9.17, 15) is 12.8 Å². The third-order valence-electron chi connectivity index (χ3n) is 6.88. The number of amidine groups is 1. The van der Waals surface area contributed by atoms with Gasteiger partial charge in [0.15, 0.2) is 0 Å². The van der Waals surface area contributed by atoms with Gasteiger partial charge in [-0.05, 0) is 54.8 Å². The van der Waals surface area contributed by atoms with Gasteiger partial charge in [-0.15, -0.1) is 0 Å². The molecule has 9 nitrogen and oxygen atoms in total. The van der Waals surface area contributed by atoms with Crippen LogP contribution in [-0.2, 0) is 14.8 Å². The second-order valence-electron chi connectivity index (χ2n) is 9.25. The highest BCUT2D eigenvalue weighted by Crippen LogP contribution is 2.43. The van der Waals surface area contributed by atoms with Gasteiger partial charge >= 0.3 is 0 Å². The maximum absolute atomic E-state index is 13.5. The van der Waals surface area contributed by atoms with Crippen LogP contribution in [0, 0.1) is 5.82 Å². The summed E-state index contributed by atoms with van der Waals surface area (Å²) in [6.07, 6.45) is 6.26. The molecule has 0 aliphatic carbocycles. The first kappa shape index (κ1) is 24.8. The van der Waals surface area contributed by atoms with E-state index in [1.165, 1.54) is 22.5 Å². The molecule has 1 N–H and O–H groups in total. The first-order valence-electron chi connectivity index (χ1n) is 12.2. The molecule has 6 rings (SSSR count). The van der Waals surface area contributed by atoms with Crippen LogP contribution < -0.4 is 5.32 Å². The quantitative estimate of drug-likeness (QED) is 0.479. The first-order chi connectivity index (χ1) is 18.4. The van der Waals surface area contributed by atoms with Crippen LogP contribution in [0.2, 0.25) is 5.02 Å². The van der Waals surface area contributed by atoms with Crippen molar-refractivity contribution in [2.24, 2.45) is 4.99 Å². The van der Waals surface area contributed by atoms with Gasteiger partial charge in [0.2, 0.25) is 16.0 Å². The molecule has 0 amide bonds. The van der Waals surface area contributed by atoms with E-state index in [1.54, 1.807) is 49.0 Å². The SMILES string of the molecule is O=S(=O)(c1cccc(Cl)c1)N1CCC(Nc2nccc(C3C(c4ccc(F)cc4)N=C4OC=CN43)n2)CC1. The summed E-state index contributed by atoms with van der Waals surface area (Å²) in [7, 11) is -3.61. The number of aliphatic imine (C=N–C) groups is 1. The summed E-state index contributed by atoms with van der Waals surface area (Å²) in [6.45, 7) is 0.739. The van der Waals surface area contributed by atoms with E-state index in [4.69, 9.17) is 26.3 Å². The fourth-order valence-corrected chi connectivity index (χ4v) is 6.73. The van der Waals surface area contributed by atoms with E-state index in [-0.39, 0.29) is 28.8 Å². The summed E-state index contributed by atoms with van der Waals surface area (Å²) in [5.74, 6) is 0.140. The number of piperidine rings is 1. The van der Waals surface area contributed by atoms with Crippen LogP contribution in [0.4, 0.5) is 10.3 Å². The molecule has 2 aromatic carbocycles. The lowest BCUT2D eigenvalue weighted by Crippen LogP contribution is -2.42. The number of nitrogens with zero attached hydrogens (tertiary/aromatic N) is 5. The number of halogens is 2. The van der Waals surface area contributed by atoms with Gasteiger partial charge < -0.3 is 10.1 Å². The Hall–Kier alpha value is -3.54. The van der Waals surface area contributed by atoms with Crippen LogP contribution in [-0.4, -0.2) is 52.7 Å². The second kappa shape index (κ2) is 9.97. The Morgan fingerprint density at radius 3 is 2.63 bits per heavy atom. The van der Waals surface area contributed by atoms with Crippen molar-refractivity contribution in [1.29, 1.82) is 0 Å². The molecule has 0 bridgehead atoms. The molecular formula is C26H24ClFN6O3S. The van der Waals surface area contributed by atoms with Gasteiger partial charge in [-0.1, -0.05) is 29.8 Å². The predicted molar refractivity (Wildman–Crippen MR) is 140 cm³/mol. The fraction of sp³-hybridized carbons (Fsp3) is 0.269. The third kappa shape index (κ3) is 4.72. The zero-order valence-corrected chi connectivity index (χ0v) is 21.7. The van der Waals surface area contributed by atoms with Gasteiger partial charge in [0, 0.05) is 36.6 Å². The van der Waals surface area contributed by atoms with Gasteiger partial charge in [-0.25, -0.2) is 27.8 Å². The first-order valence-corrected chi connectivity index (χ1v) is 14.0. The number of anilines is 1. The van der Waals surface area contributed by atoms with E-state index in [2.05, 4.69) is 10.3 Å². The van der Waals surface area contributed by atoms with Crippen LogP contribution in [0.25, 0.3) is 0 Å². The Morgan fingerprint density at radius 1 is 1.08 bits per heavy atom. The van der Waals surface area contributed by atoms with E-state index in [1.807, 2.05) is 11.0 Å². The molecule has 196 valence electrons. The molecule has 3 aliphatic heterocycles. The van der Waals surface area contributed by atoms with Gasteiger partial charge in [0.05, 0.1) is 10.6 Å². The van der Waals surface area contributed by atoms with Crippen molar-refractivity contribution in [3.63, 3.8) is 0 Å². The molecular weight excluding hydrogens is 531 g/mol. The average Bonchev–Trinajstić information content (AvgIpc) is 3.51. The molecule has 2 atom stereocenters. The summed E-state index contributed by atoms with van der Waals surface area (Å²) in [5, 5.41) is 3.75. The number of benzene rings is 2. The summed E-state index contributed by atoms with van der Waals surface area (Å²) in [4.78, 5) is 16.0. The Bertz CT molecular complexity index is 1510. The number of rotatable bonds is 6. The van der Waals surface area contributed by atoms with Gasteiger partial charge in [-0.2, -0.15) is 4.31 Å². The summed E-state index contributed by atoms with van der Waals surface area (Å²) in [6, 6.07) is 14.3. The van der Waals surface area contributed by atoms with Crippen molar-refractivity contribution in [3.8, 4) is 0 Å². The van der Waals surface area contributed by atoms with E-state index >= 15 is 0 Å². The van der Waals surface area contributed by atoms with E-state index in [0.29, 0.717) is 42.9 Å². The molecule has 4 heterocycles. The largest absolute Gasteiger partial charge is 0.432 e. The summed E-state index contributed by atoms with van der Waals surface area (Å²) < 4.78 is 46.6. The van der Waals surface area contributed by atoms with Crippen LogP contribution in [0.15, 0.2) is 83.1 Å². The van der Waals surface area contributed by atoms with Gasteiger partial charge in [-0.3, -0.25) is 4.90 Å². The van der Waals surface area contributed by atoms with Gasteiger partial charge in [0.25, 0.3) is 6.02 Å². The number of sulfonamides is 1. The standard InChI is InChI=1S/C26H24ClFN6O3S/c27-18-2-1-3-21(16-18)38(35,36)33-12-9-20(10-13-33)30-25-29-11-8-22(31-25)24-23(17-4-6-19(28)7-5-17)32-26-34(24)14-15-37-26/h1-8,11,14-16,20,23-24H,9-10,12-13H2,(H,29,30,31). The van der Waals surface area contributed by atoms with Crippen molar-refractivity contribution in [3.05, 3.63) is 95.4 Å². The number of fused-ring (bicyclic) bond motifs is 1. The highest BCUT2D eigenvalue weighted by Gasteiger charge is 2.41. The number of hydrogen-bond acceptors (Lipinski definition) is 8. The van der Waals surface area contributed by atoms with Gasteiger partial charge in [0.1, 0.15) is 24.2 Å². The van der Waals surface area contributed by atoms with E-state index in [0.717, 1.165) is 11.3 Å². The van der Waals surface area contributed by atoms with Crippen LogP contribution in [0.5, 0.6) is 0 Å². The lowest BCUT2D eigenvalue weighted by Gasteiger charge is -2.31. The van der Waals surface area contributed by atoms with Crippen molar-refractivity contribution >= 4 is 33.6 Å². The third-order valence-corrected chi connectivity index (χ3v) is 9.01. The van der Waals surface area contributed by atoms with E-state index < -0.39 is 10.0 Å². The molecule has 1 saturated heterocycles. The normalized spacial score (nSPS) is 21.7. The number of nitrogens with one attached hydrogen (secondary N) is 1. The number of hydrogen-bond donors (Lipinski definition) is 1. The Balaban J connectivity index is 1.16. The highest BCUT2D eigenvalue weighted by molar-refractivity contribution is 7.89. The zero-order chi connectivity index (χ0) is 26.3. The fourth-order valence-electron chi connectivity index (χ4n) is 4.96. The maximum Gasteiger partial charge on any atom is 0.298 e. The minimum Gasteiger partial charge on any atom is -0.432 e. The Morgan fingerprint density at radius 2 is 1.87 bits per heavy atom. The lowest BCUT2D eigenvalue weighted by atomic mass is 9.97. The number of ether oxygens (including phenoxy) is 1. The summed E-state index contributed by atoms with van der Waals surface area (Å²) >= 11 is 6.00. The molecule has 0 radical (unpaired) electrons. The zero-order valence-electron chi connectivity index (χ0n) is 20.1. The molecule has 2 unspecified atom stereocenters.